The van der Waals surface area contributed by atoms with Crippen molar-refractivity contribution >= 4 is 23.1 Å². The molecule has 4 heteroatoms. The molecule has 0 radical (unpaired) electrons. The van der Waals surface area contributed by atoms with Crippen molar-refractivity contribution in [3.05, 3.63) is 21.9 Å². The highest BCUT2D eigenvalue weighted by atomic mass is 32.2. The Morgan fingerprint density at radius 2 is 2.46 bits per heavy atom. The van der Waals surface area contributed by atoms with Crippen molar-refractivity contribution in [3.8, 4) is 0 Å². The Morgan fingerprint density at radius 1 is 1.69 bits per heavy atom. The molecule has 3 N–H and O–H groups in total. The van der Waals surface area contributed by atoms with Crippen LogP contribution in [0.15, 0.2) is 11.4 Å². The Labute approximate surface area is 87.9 Å². The second-order valence-corrected chi connectivity index (χ2v) is 5.30. The number of rotatable bonds is 5. The number of hydrogen-bond donors (Lipinski definition) is 2. The molecule has 1 aromatic heterocycles. The van der Waals surface area contributed by atoms with Crippen molar-refractivity contribution < 1.29 is 0 Å². The number of aryl methyl sites for hydroxylation is 1. The summed E-state index contributed by atoms with van der Waals surface area (Å²) in [6.45, 7) is 4.28. The first kappa shape index (κ1) is 11.0. The van der Waals surface area contributed by atoms with Gasteiger partial charge in [-0.2, -0.15) is 11.8 Å². The van der Waals surface area contributed by atoms with Crippen LogP contribution in [-0.4, -0.2) is 11.5 Å². The summed E-state index contributed by atoms with van der Waals surface area (Å²) >= 11 is 3.68. The third-order valence-electron chi connectivity index (χ3n) is 1.84. The fraction of sp³-hybridized carbons (Fsp3) is 0.556. The molecule has 2 nitrogen and oxygen atoms in total. The van der Waals surface area contributed by atoms with Gasteiger partial charge in [0.2, 0.25) is 0 Å². The van der Waals surface area contributed by atoms with Crippen LogP contribution in [0.3, 0.4) is 0 Å². The summed E-state index contributed by atoms with van der Waals surface area (Å²) in [5, 5.41) is 2.18. The van der Waals surface area contributed by atoms with Crippen LogP contribution < -0.4 is 11.3 Å². The first-order chi connectivity index (χ1) is 6.27. The molecule has 1 atom stereocenters. The Morgan fingerprint density at radius 3 is 2.92 bits per heavy atom. The zero-order chi connectivity index (χ0) is 9.68. The molecular formula is C9H16N2S2. The largest absolute Gasteiger partial charge is 0.271 e. The summed E-state index contributed by atoms with van der Waals surface area (Å²) in [4.78, 5) is 1.34. The van der Waals surface area contributed by atoms with E-state index < -0.39 is 0 Å². The standard InChI is InChI=1S/C9H16N2S2/c1-3-12-6-9(11-10)8-4-7(2)13-5-8/h4-5,9,11H,3,6,10H2,1-2H3. The third-order valence-corrected chi connectivity index (χ3v) is 3.70. The van der Waals surface area contributed by atoms with Gasteiger partial charge in [-0.3, -0.25) is 11.3 Å². The first-order valence-corrected chi connectivity index (χ1v) is 6.40. The summed E-state index contributed by atoms with van der Waals surface area (Å²) < 4.78 is 0. The van der Waals surface area contributed by atoms with E-state index in [1.54, 1.807) is 11.3 Å². The highest BCUT2D eigenvalue weighted by Gasteiger charge is 2.09. The molecular weight excluding hydrogens is 200 g/mol. The van der Waals surface area contributed by atoms with E-state index in [1.165, 1.54) is 10.4 Å². The normalized spacial score (nSPS) is 13.2. The minimum Gasteiger partial charge on any atom is -0.271 e. The van der Waals surface area contributed by atoms with Crippen molar-refractivity contribution in [1.29, 1.82) is 0 Å². The molecule has 0 aromatic carbocycles. The number of nitrogens with one attached hydrogen (secondary N) is 1. The fourth-order valence-corrected chi connectivity index (χ4v) is 2.64. The Hall–Kier alpha value is -0.0300. The minimum atomic E-state index is 0.301. The van der Waals surface area contributed by atoms with Gasteiger partial charge >= 0.3 is 0 Å². The highest BCUT2D eigenvalue weighted by Crippen LogP contribution is 2.22. The van der Waals surface area contributed by atoms with Crippen LogP contribution in [0.2, 0.25) is 0 Å². The highest BCUT2D eigenvalue weighted by molar-refractivity contribution is 7.99. The minimum absolute atomic E-state index is 0.301. The van der Waals surface area contributed by atoms with Crippen LogP contribution in [0.1, 0.15) is 23.4 Å². The predicted octanol–water partition coefficient (Wildman–Crippen LogP) is 2.31. The lowest BCUT2D eigenvalue weighted by atomic mass is 10.2. The average Bonchev–Trinajstić information content (AvgIpc) is 2.54. The van der Waals surface area contributed by atoms with Crippen molar-refractivity contribution in [3.63, 3.8) is 0 Å². The van der Waals surface area contributed by atoms with Crippen LogP contribution in [0.5, 0.6) is 0 Å². The molecule has 1 heterocycles. The quantitative estimate of drug-likeness (QED) is 0.586. The van der Waals surface area contributed by atoms with Gasteiger partial charge in [-0.05, 0) is 29.7 Å². The topological polar surface area (TPSA) is 38.0 Å². The molecule has 74 valence electrons. The van der Waals surface area contributed by atoms with Crippen LogP contribution >= 0.6 is 23.1 Å². The molecule has 0 saturated heterocycles. The summed E-state index contributed by atoms with van der Waals surface area (Å²) in [5.74, 6) is 7.68. The third kappa shape index (κ3) is 3.31. The van der Waals surface area contributed by atoms with Crippen molar-refractivity contribution in [1.82, 2.24) is 5.43 Å². The Kier molecular flexibility index (Phi) is 4.80. The van der Waals surface area contributed by atoms with Gasteiger partial charge in [0.15, 0.2) is 0 Å². The van der Waals surface area contributed by atoms with E-state index >= 15 is 0 Å². The molecule has 0 bridgehead atoms. The van der Waals surface area contributed by atoms with Crippen molar-refractivity contribution in [2.45, 2.75) is 19.9 Å². The smallest absolute Gasteiger partial charge is 0.0558 e. The first-order valence-electron chi connectivity index (χ1n) is 4.36. The lowest BCUT2D eigenvalue weighted by Crippen LogP contribution is -2.29. The maximum atomic E-state index is 5.50. The molecule has 13 heavy (non-hydrogen) atoms. The molecule has 0 fully saturated rings. The van der Waals surface area contributed by atoms with E-state index in [0.717, 1.165) is 11.5 Å². The van der Waals surface area contributed by atoms with Gasteiger partial charge in [0.25, 0.3) is 0 Å². The lowest BCUT2D eigenvalue weighted by molar-refractivity contribution is 0.612. The SMILES string of the molecule is CCSCC(NN)c1csc(C)c1. The fourth-order valence-electron chi connectivity index (χ4n) is 1.12. The second kappa shape index (κ2) is 5.65. The van der Waals surface area contributed by atoms with Crippen LogP contribution in [0.4, 0.5) is 0 Å². The number of thioether (sulfide) groups is 1. The van der Waals surface area contributed by atoms with E-state index in [4.69, 9.17) is 5.84 Å². The van der Waals surface area contributed by atoms with Gasteiger partial charge in [0.05, 0.1) is 6.04 Å². The maximum absolute atomic E-state index is 5.50. The van der Waals surface area contributed by atoms with Gasteiger partial charge in [0.1, 0.15) is 0 Å². The van der Waals surface area contributed by atoms with E-state index in [0.29, 0.717) is 6.04 Å². The number of nitrogens with two attached hydrogens (primary N) is 1. The lowest BCUT2D eigenvalue weighted by Gasteiger charge is -2.13. The van der Waals surface area contributed by atoms with Gasteiger partial charge in [0, 0.05) is 10.6 Å². The predicted molar refractivity (Wildman–Crippen MR) is 62.1 cm³/mol. The van der Waals surface area contributed by atoms with Gasteiger partial charge in [-0.25, -0.2) is 0 Å². The zero-order valence-electron chi connectivity index (χ0n) is 8.04. The van der Waals surface area contributed by atoms with Crippen LogP contribution in [-0.2, 0) is 0 Å². The van der Waals surface area contributed by atoms with Crippen molar-refractivity contribution in [2.75, 3.05) is 11.5 Å². The van der Waals surface area contributed by atoms with Gasteiger partial charge in [-0.15, -0.1) is 11.3 Å². The van der Waals surface area contributed by atoms with Gasteiger partial charge < -0.3 is 0 Å². The maximum Gasteiger partial charge on any atom is 0.0558 e. The van der Waals surface area contributed by atoms with E-state index in [9.17, 15) is 0 Å². The van der Waals surface area contributed by atoms with E-state index in [2.05, 4.69) is 30.7 Å². The van der Waals surface area contributed by atoms with Crippen molar-refractivity contribution in [2.24, 2.45) is 5.84 Å². The molecule has 0 aliphatic rings. The Bertz CT molecular complexity index is 248. The molecule has 0 aliphatic carbocycles. The summed E-state index contributed by atoms with van der Waals surface area (Å²) in [6.07, 6.45) is 0. The molecule has 0 amide bonds. The van der Waals surface area contributed by atoms with E-state index in [1.807, 2.05) is 11.8 Å². The average molecular weight is 216 g/mol. The van der Waals surface area contributed by atoms with Crippen LogP contribution in [0.25, 0.3) is 0 Å². The summed E-state index contributed by atoms with van der Waals surface area (Å²) in [6, 6.07) is 2.50. The molecule has 1 unspecified atom stereocenters. The monoisotopic (exact) mass is 216 g/mol. The molecule has 1 rings (SSSR count). The Balaban J connectivity index is 2.56. The number of thiophene rings is 1. The summed E-state index contributed by atoms with van der Waals surface area (Å²) in [7, 11) is 0. The van der Waals surface area contributed by atoms with Crippen LogP contribution in [0, 0.1) is 6.92 Å². The summed E-state index contributed by atoms with van der Waals surface area (Å²) in [5.41, 5.74) is 4.16. The second-order valence-electron chi connectivity index (χ2n) is 2.87. The molecule has 0 spiro atoms. The molecule has 0 saturated carbocycles. The molecule has 1 aromatic rings. The zero-order valence-corrected chi connectivity index (χ0v) is 9.67. The van der Waals surface area contributed by atoms with Gasteiger partial charge in [-0.1, -0.05) is 6.92 Å². The number of hydrazine groups is 1. The van der Waals surface area contributed by atoms with E-state index in [-0.39, 0.29) is 0 Å². The number of hydrogen-bond acceptors (Lipinski definition) is 4. The molecule has 0 aliphatic heterocycles.